The molecule has 2 N–H and O–H groups in total. The molecule has 1 heterocycles. The van der Waals surface area contributed by atoms with Crippen molar-refractivity contribution in [3.63, 3.8) is 0 Å². The van der Waals surface area contributed by atoms with Crippen LogP contribution < -0.4 is 5.73 Å². The minimum atomic E-state index is 0.584. The Bertz CT molecular complexity index is 374. The molecule has 0 radical (unpaired) electrons. The lowest BCUT2D eigenvalue weighted by atomic mass is 10.1. The summed E-state index contributed by atoms with van der Waals surface area (Å²) in [5.41, 5.74) is 8.32. The second-order valence-corrected chi connectivity index (χ2v) is 3.21. The third-order valence-electron chi connectivity index (χ3n) is 1.98. The van der Waals surface area contributed by atoms with Crippen molar-refractivity contribution >= 4 is 5.69 Å². The van der Waals surface area contributed by atoms with Crippen LogP contribution in [0.2, 0.25) is 0 Å². The van der Waals surface area contributed by atoms with Gasteiger partial charge in [0.1, 0.15) is 0 Å². The first-order valence-corrected chi connectivity index (χ1v) is 5.40. The van der Waals surface area contributed by atoms with Crippen LogP contribution in [0.15, 0.2) is 36.7 Å². The van der Waals surface area contributed by atoms with Gasteiger partial charge < -0.3 is 5.73 Å². The summed E-state index contributed by atoms with van der Waals surface area (Å²) >= 11 is 0. The Morgan fingerprint density at radius 3 is 1.94 bits per heavy atom. The third-order valence-corrected chi connectivity index (χ3v) is 1.98. The molecule has 0 amide bonds. The Hall–Kier alpha value is -1.90. The summed E-state index contributed by atoms with van der Waals surface area (Å²) in [5.74, 6) is 0.708. The maximum absolute atomic E-state index is 5.50. The van der Waals surface area contributed by atoms with Gasteiger partial charge in [-0.3, -0.25) is 0 Å². The van der Waals surface area contributed by atoms with E-state index in [-0.39, 0.29) is 0 Å². The van der Waals surface area contributed by atoms with Crippen molar-refractivity contribution in [1.29, 1.82) is 0 Å². The fourth-order valence-electron chi connectivity index (χ4n) is 1.19. The maximum atomic E-state index is 5.50. The van der Waals surface area contributed by atoms with Crippen LogP contribution >= 0.6 is 0 Å². The fourth-order valence-corrected chi connectivity index (χ4v) is 1.19. The van der Waals surface area contributed by atoms with Gasteiger partial charge >= 0.3 is 0 Å². The minimum absolute atomic E-state index is 0.584. The number of hydrogen-bond acceptors (Lipinski definition) is 3. The lowest BCUT2D eigenvalue weighted by Crippen LogP contribution is -1.92. The van der Waals surface area contributed by atoms with Crippen molar-refractivity contribution in [2.24, 2.45) is 0 Å². The van der Waals surface area contributed by atoms with Crippen molar-refractivity contribution in [3.8, 4) is 11.4 Å². The van der Waals surface area contributed by atoms with Crippen LogP contribution in [0.1, 0.15) is 19.4 Å². The van der Waals surface area contributed by atoms with E-state index in [1.165, 1.54) is 5.56 Å². The SMILES string of the molecule is CC.Cc1ccc(-c2ncc(N)cn2)cc1. The molecule has 0 spiro atoms. The number of nitrogens with zero attached hydrogens (tertiary/aromatic N) is 2. The summed E-state index contributed by atoms with van der Waals surface area (Å²) in [5, 5.41) is 0. The van der Waals surface area contributed by atoms with Crippen LogP contribution in [0.25, 0.3) is 11.4 Å². The highest BCUT2D eigenvalue weighted by Crippen LogP contribution is 2.14. The first-order chi connectivity index (χ1) is 7.75. The van der Waals surface area contributed by atoms with Gasteiger partial charge in [0.05, 0.1) is 18.1 Å². The number of hydrogen-bond donors (Lipinski definition) is 1. The summed E-state index contributed by atoms with van der Waals surface area (Å²) in [7, 11) is 0. The van der Waals surface area contributed by atoms with Gasteiger partial charge in [0.25, 0.3) is 0 Å². The molecule has 3 nitrogen and oxygen atoms in total. The van der Waals surface area contributed by atoms with E-state index in [4.69, 9.17) is 5.73 Å². The van der Waals surface area contributed by atoms with Gasteiger partial charge in [-0.05, 0) is 6.92 Å². The predicted molar refractivity (Wildman–Crippen MR) is 68.0 cm³/mol. The molecule has 2 rings (SSSR count). The van der Waals surface area contributed by atoms with Crippen molar-refractivity contribution in [2.75, 3.05) is 5.73 Å². The quantitative estimate of drug-likeness (QED) is 0.795. The Labute approximate surface area is 96.4 Å². The molecule has 0 saturated carbocycles. The van der Waals surface area contributed by atoms with E-state index in [1.807, 2.05) is 45.0 Å². The first kappa shape index (κ1) is 12.2. The maximum Gasteiger partial charge on any atom is 0.159 e. The van der Waals surface area contributed by atoms with Crippen molar-refractivity contribution in [1.82, 2.24) is 9.97 Å². The lowest BCUT2D eigenvalue weighted by molar-refractivity contribution is 1.18. The standard InChI is InChI=1S/C11H11N3.C2H6/c1-8-2-4-9(5-3-8)11-13-6-10(12)7-14-11;1-2/h2-7H,12H2,1H3;1-2H3. The van der Waals surface area contributed by atoms with E-state index in [1.54, 1.807) is 12.4 Å². The van der Waals surface area contributed by atoms with Gasteiger partial charge in [0.15, 0.2) is 5.82 Å². The number of aromatic nitrogens is 2. The van der Waals surface area contributed by atoms with Crippen molar-refractivity contribution < 1.29 is 0 Å². The second kappa shape index (κ2) is 5.85. The summed E-state index contributed by atoms with van der Waals surface area (Å²) in [6.45, 7) is 6.05. The molecule has 2 aromatic rings. The summed E-state index contributed by atoms with van der Waals surface area (Å²) in [6.07, 6.45) is 3.23. The molecule has 84 valence electrons. The Morgan fingerprint density at radius 1 is 0.938 bits per heavy atom. The fraction of sp³-hybridized carbons (Fsp3) is 0.231. The summed E-state index contributed by atoms with van der Waals surface area (Å²) in [6, 6.07) is 8.08. The minimum Gasteiger partial charge on any atom is -0.396 e. The molecule has 0 unspecified atom stereocenters. The van der Waals surface area contributed by atoms with Gasteiger partial charge in [-0.2, -0.15) is 0 Å². The lowest BCUT2D eigenvalue weighted by Gasteiger charge is -2.00. The molecule has 16 heavy (non-hydrogen) atoms. The molecule has 3 heteroatoms. The zero-order chi connectivity index (χ0) is 12.0. The van der Waals surface area contributed by atoms with Crippen molar-refractivity contribution in [3.05, 3.63) is 42.2 Å². The highest BCUT2D eigenvalue weighted by Gasteiger charge is 1.98. The molecular weight excluding hydrogens is 198 g/mol. The van der Waals surface area contributed by atoms with E-state index >= 15 is 0 Å². The predicted octanol–water partition coefficient (Wildman–Crippen LogP) is 3.06. The monoisotopic (exact) mass is 215 g/mol. The normalized spacial score (nSPS) is 9.19. The Balaban J connectivity index is 0.000000606. The van der Waals surface area contributed by atoms with E-state index in [0.29, 0.717) is 11.5 Å². The van der Waals surface area contributed by atoms with E-state index in [9.17, 15) is 0 Å². The molecule has 0 atom stereocenters. The van der Waals surface area contributed by atoms with Crippen LogP contribution in [-0.4, -0.2) is 9.97 Å². The van der Waals surface area contributed by atoms with Crippen LogP contribution in [0.4, 0.5) is 5.69 Å². The van der Waals surface area contributed by atoms with Crippen LogP contribution in [0.5, 0.6) is 0 Å². The Morgan fingerprint density at radius 2 is 1.44 bits per heavy atom. The zero-order valence-electron chi connectivity index (χ0n) is 9.94. The topological polar surface area (TPSA) is 51.8 Å². The van der Waals surface area contributed by atoms with Gasteiger partial charge in [0, 0.05) is 5.56 Å². The summed E-state index contributed by atoms with van der Waals surface area (Å²) in [4.78, 5) is 8.28. The molecule has 0 aliphatic rings. The van der Waals surface area contributed by atoms with Gasteiger partial charge in [-0.15, -0.1) is 0 Å². The molecule has 1 aromatic heterocycles. The number of anilines is 1. The zero-order valence-corrected chi connectivity index (χ0v) is 9.94. The largest absolute Gasteiger partial charge is 0.396 e. The number of rotatable bonds is 1. The van der Waals surface area contributed by atoms with Gasteiger partial charge in [-0.25, -0.2) is 9.97 Å². The number of nitrogens with two attached hydrogens (primary N) is 1. The van der Waals surface area contributed by atoms with E-state index in [2.05, 4.69) is 9.97 Å². The molecule has 1 aromatic carbocycles. The number of benzene rings is 1. The van der Waals surface area contributed by atoms with Crippen LogP contribution in [0, 0.1) is 6.92 Å². The second-order valence-electron chi connectivity index (χ2n) is 3.21. The average Bonchev–Trinajstić information content (AvgIpc) is 2.34. The van der Waals surface area contributed by atoms with E-state index in [0.717, 1.165) is 5.56 Å². The third kappa shape index (κ3) is 3.05. The smallest absolute Gasteiger partial charge is 0.159 e. The van der Waals surface area contributed by atoms with Gasteiger partial charge in [-0.1, -0.05) is 43.7 Å². The number of nitrogen functional groups attached to an aromatic ring is 1. The Kier molecular flexibility index (Phi) is 4.45. The average molecular weight is 215 g/mol. The highest BCUT2D eigenvalue weighted by molar-refractivity contribution is 5.55. The van der Waals surface area contributed by atoms with E-state index < -0.39 is 0 Å². The summed E-state index contributed by atoms with van der Waals surface area (Å²) < 4.78 is 0. The van der Waals surface area contributed by atoms with Crippen LogP contribution in [-0.2, 0) is 0 Å². The molecule has 0 saturated heterocycles. The molecule has 0 aliphatic heterocycles. The molecule has 0 fully saturated rings. The highest BCUT2D eigenvalue weighted by atomic mass is 14.9. The van der Waals surface area contributed by atoms with Crippen molar-refractivity contribution in [2.45, 2.75) is 20.8 Å². The molecular formula is C13H17N3. The van der Waals surface area contributed by atoms with Crippen LogP contribution in [0.3, 0.4) is 0 Å². The molecule has 0 aliphatic carbocycles. The number of aryl methyl sites for hydroxylation is 1. The first-order valence-electron chi connectivity index (χ1n) is 5.40. The molecule has 0 bridgehead atoms. The van der Waals surface area contributed by atoms with Gasteiger partial charge in [0.2, 0.25) is 0 Å².